The molecule has 2 amide bonds. The van der Waals surface area contributed by atoms with Crippen LogP contribution in [0.4, 0.5) is 0 Å². The van der Waals surface area contributed by atoms with Crippen molar-refractivity contribution in [2.75, 3.05) is 0 Å². The summed E-state index contributed by atoms with van der Waals surface area (Å²) in [6.07, 6.45) is 0.877. The van der Waals surface area contributed by atoms with E-state index >= 15 is 0 Å². The molecule has 176 valence electrons. The van der Waals surface area contributed by atoms with E-state index in [1.807, 2.05) is 12.1 Å². The second-order valence-corrected chi connectivity index (χ2v) is 9.84. The summed E-state index contributed by atoms with van der Waals surface area (Å²) >= 11 is 1.43. The predicted molar refractivity (Wildman–Crippen MR) is 123 cm³/mol. The predicted octanol–water partition coefficient (Wildman–Crippen LogP) is 3.21. The highest BCUT2D eigenvalue weighted by atomic mass is 32.1. The molecule has 2 N–H and O–H groups in total. The Hall–Kier alpha value is -3.04. The van der Waals surface area contributed by atoms with Crippen molar-refractivity contribution in [2.45, 2.75) is 65.0 Å². The molecule has 2 heterocycles. The Bertz CT molecular complexity index is 1040. The molecule has 0 fully saturated rings. The number of aldehydes is 1. The maximum Gasteiger partial charge on any atom is 0.306 e. The number of thiophene rings is 1. The van der Waals surface area contributed by atoms with Crippen molar-refractivity contribution in [3.05, 3.63) is 56.8 Å². The van der Waals surface area contributed by atoms with Crippen LogP contribution < -0.4 is 5.73 Å². The summed E-state index contributed by atoms with van der Waals surface area (Å²) in [6, 6.07) is 6.22. The van der Waals surface area contributed by atoms with E-state index in [2.05, 4.69) is 0 Å². The average molecular weight is 473 g/mol. The van der Waals surface area contributed by atoms with Crippen molar-refractivity contribution in [2.24, 2.45) is 5.73 Å². The Kier molecular flexibility index (Phi) is 7.65. The fourth-order valence-corrected chi connectivity index (χ4v) is 4.57. The highest BCUT2D eigenvalue weighted by Crippen LogP contribution is 2.33. The normalized spacial score (nSPS) is 14.2. The second-order valence-electron chi connectivity index (χ2n) is 8.88. The first-order valence-corrected chi connectivity index (χ1v) is 11.5. The van der Waals surface area contributed by atoms with Crippen LogP contribution in [0.3, 0.4) is 0 Å². The molecule has 1 unspecified atom stereocenters. The SMILES string of the molecule is CC(C)(C)OC(=O)CCC(C(N)=O)N1Cc2c(csc2COCc2ccc(C=O)cc2)C1=O. The lowest BCUT2D eigenvalue weighted by atomic mass is 10.1. The number of ether oxygens (including phenoxy) is 2. The van der Waals surface area contributed by atoms with Gasteiger partial charge in [-0.1, -0.05) is 24.3 Å². The zero-order valence-electron chi connectivity index (χ0n) is 19.0. The first-order chi connectivity index (χ1) is 15.6. The molecular formula is C24H28N2O6S. The molecule has 0 aliphatic carbocycles. The lowest BCUT2D eigenvalue weighted by molar-refractivity contribution is -0.155. The Balaban J connectivity index is 1.61. The standard InChI is InChI=1S/C24H28N2O6S/c1-24(2,3)32-21(28)9-8-19(22(25)29)26-10-17-18(23(26)30)14-33-20(17)13-31-12-16-6-4-15(11-27)5-7-16/h4-7,11,14,19H,8-10,12-13H2,1-3H3,(H2,25,29). The molecule has 0 saturated heterocycles. The van der Waals surface area contributed by atoms with Gasteiger partial charge in [0.2, 0.25) is 5.91 Å². The molecule has 1 aliphatic heterocycles. The van der Waals surface area contributed by atoms with Crippen molar-refractivity contribution >= 4 is 35.4 Å². The number of esters is 1. The number of benzene rings is 1. The van der Waals surface area contributed by atoms with E-state index in [0.717, 1.165) is 22.3 Å². The summed E-state index contributed by atoms with van der Waals surface area (Å²) in [7, 11) is 0. The molecule has 9 heteroatoms. The van der Waals surface area contributed by atoms with Gasteiger partial charge in [-0.2, -0.15) is 0 Å². The molecular weight excluding hydrogens is 444 g/mol. The smallest absolute Gasteiger partial charge is 0.306 e. The van der Waals surface area contributed by atoms with Gasteiger partial charge in [0.25, 0.3) is 5.91 Å². The molecule has 0 saturated carbocycles. The number of nitrogens with two attached hydrogens (primary N) is 1. The molecule has 33 heavy (non-hydrogen) atoms. The third kappa shape index (κ3) is 6.27. The van der Waals surface area contributed by atoms with Gasteiger partial charge in [-0.15, -0.1) is 11.3 Å². The molecule has 0 spiro atoms. The van der Waals surface area contributed by atoms with Crippen molar-refractivity contribution in [3.63, 3.8) is 0 Å². The average Bonchev–Trinajstić information content (AvgIpc) is 3.28. The molecule has 2 aromatic rings. The van der Waals surface area contributed by atoms with Gasteiger partial charge in [0.05, 0.1) is 18.8 Å². The summed E-state index contributed by atoms with van der Waals surface area (Å²) in [4.78, 5) is 50.2. The molecule has 0 bridgehead atoms. The largest absolute Gasteiger partial charge is 0.460 e. The van der Waals surface area contributed by atoms with Crippen molar-refractivity contribution < 1.29 is 28.7 Å². The number of fused-ring (bicyclic) bond motifs is 1. The highest BCUT2D eigenvalue weighted by Gasteiger charge is 2.38. The fourth-order valence-electron chi connectivity index (χ4n) is 3.60. The van der Waals surface area contributed by atoms with Gasteiger partial charge in [-0.05, 0) is 32.8 Å². The van der Waals surface area contributed by atoms with Crippen molar-refractivity contribution in [1.82, 2.24) is 4.90 Å². The Morgan fingerprint density at radius 1 is 1.21 bits per heavy atom. The Labute approximate surface area is 196 Å². The molecule has 1 atom stereocenters. The lowest BCUT2D eigenvalue weighted by Gasteiger charge is -2.26. The monoisotopic (exact) mass is 472 g/mol. The maximum absolute atomic E-state index is 12.9. The molecule has 1 aromatic heterocycles. The van der Waals surface area contributed by atoms with E-state index < -0.39 is 23.5 Å². The van der Waals surface area contributed by atoms with E-state index in [1.54, 1.807) is 38.3 Å². The van der Waals surface area contributed by atoms with Gasteiger partial charge in [0.1, 0.15) is 17.9 Å². The number of carbonyl (C=O) groups is 4. The number of amides is 2. The van der Waals surface area contributed by atoms with Crippen LogP contribution in [0.5, 0.6) is 0 Å². The van der Waals surface area contributed by atoms with E-state index in [1.165, 1.54) is 16.2 Å². The van der Waals surface area contributed by atoms with E-state index in [-0.39, 0.29) is 25.3 Å². The van der Waals surface area contributed by atoms with E-state index in [9.17, 15) is 19.2 Å². The van der Waals surface area contributed by atoms with Crippen LogP contribution in [-0.4, -0.2) is 40.6 Å². The number of nitrogens with zero attached hydrogens (tertiary/aromatic N) is 1. The second kappa shape index (κ2) is 10.3. The summed E-state index contributed by atoms with van der Waals surface area (Å²) in [5.74, 6) is -1.37. The summed E-state index contributed by atoms with van der Waals surface area (Å²) < 4.78 is 11.1. The summed E-state index contributed by atoms with van der Waals surface area (Å²) in [5.41, 5.74) is 7.84. The van der Waals surface area contributed by atoms with Crippen LogP contribution in [0.1, 0.15) is 70.3 Å². The lowest BCUT2D eigenvalue weighted by Crippen LogP contribution is -2.45. The molecule has 3 rings (SSSR count). The van der Waals surface area contributed by atoms with Crippen LogP contribution in [0.15, 0.2) is 29.6 Å². The minimum atomic E-state index is -0.896. The van der Waals surface area contributed by atoms with Crippen LogP contribution in [0.25, 0.3) is 0 Å². The zero-order valence-corrected chi connectivity index (χ0v) is 19.8. The quantitative estimate of drug-likeness (QED) is 0.419. The third-order valence-corrected chi connectivity index (χ3v) is 6.17. The van der Waals surface area contributed by atoms with Crippen molar-refractivity contribution in [1.29, 1.82) is 0 Å². The van der Waals surface area contributed by atoms with Gasteiger partial charge < -0.3 is 20.1 Å². The van der Waals surface area contributed by atoms with Gasteiger partial charge in [0.15, 0.2) is 0 Å². The number of carbonyl (C=O) groups excluding carboxylic acids is 4. The van der Waals surface area contributed by atoms with E-state index in [0.29, 0.717) is 24.3 Å². The molecule has 0 radical (unpaired) electrons. The minimum Gasteiger partial charge on any atom is -0.460 e. The first-order valence-electron chi connectivity index (χ1n) is 10.6. The summed E-state index contributed by atoms with van der Waals surface area (Å²) in [6.45, 7) is 6.22. The van der Waals surface area contributed by atoms with Gasteiger partial charge in [-0.3, -0.25) is 19.2 Å². The minimum absolute atomic E-state index is 0.0135. The highest BCUT2D eigenvalue weighted by molar-refractivity contribution is 7.10. The topological polar surface area (TPSA) is 116 Å². The van der Waals surface area contributed by atoms with Crippen LogP contribution in [0, 0.1) is 0 Å². The third-order valence-electron chi connectivity index (χ3n) is 5.16. The van der Waals surface area contributed by atoms with Gasteiger partial charge in [0, 0.05) is 34.3 Å². The van der Waals surface area contributed by atoms with Gasteiger partial charge in [-0.25, -0.2) is 0 Å². The number of hydrogen-bond acceptors (Lipinski definition) is 7. The number of hydrogen-bond donors (Lipinski definition) is 1. The fraction of sp³-hybridized carbons (Fsp3) is 0.417. The Morgan fingerprint density at radius 2 is 1.91 bits per heavy atom. The zero-order chi connectivity index (χ0) is 24.2. The molecule has 8 nitrogen and oxygen atoms in total. The first kappa shape index (κ1) is 24.6. The number of primary amides is 1. The maximum atomic E-state index is 12.9. The van der Waals surface area contributed by atoms with Crippen molar-refractivity contribution in [3.8, 4) is 0 Å². The molecule has 1 aromatic carbocycles. The Morgan fingerprint density at radius 3 is 2.52 bits per heavy atom. The van der Waals surface area contributed by atoms with Gasteiger partial charge >= 0.3 is 5.97 Å². The van der Waals surface area contributed by atoms with Crippen LogP contribution in [-0.2, 0) is 38.8 Å². The van der Waals surface area contributed by atoms with Crippen LogP contribution >= 0.6 is 11.3 Å². The van der Waals surface area contributed by atoms with E-state index in [4.69, 9.17) is 15.2 Å². The molecule has 1 aliphatic rings. The summed E-state index contributed by atoms with van der Waals surface area (Å²) in [5, 5.41) is 1.77. The number of rotatable bonds is 10. The van der Waals surface area contributed by atoms with Crippen LogP contribution in [0.2, 0.25) is 0 Å².